The van der Waals surface area contributed by atoms with E-state index in [9.17, 15) is 0 Å². The Morgan fingerprint density at radius 1 is 0.800 bits per heavy atom. The lowest BCUT2D eigenvalue weighted by atomic mass is 10.9. The monoisotopic (exact) mass is 252 g/mol. The summed E-state index contributed by atoms with van der Waals surface area (Å²) in [5.74, 6) is 0. The summed E-state index contributed by atoms with van der Waals surface area (Å²) >= 11 is 0. The topological polar surface area (TPSA) is 27.7 Å². The Kier molecular flexibility index (Phi) is 8.96. The minimum Gasteiger partial charge on any atom is -0.354 e. The van der Waals surface area contributed by atoms with E-state index in [0.717, 1.165) is 18.1 Å². The zero-order chi connectivity index (χ0) is 11.7. The van der Waals surface area contributed by atoms with Crippen LogP contribution in [0.4, 0.5) is 0 Å². The molecule has 0 unspecified atom stereocenters. The van der Waals surface area contributed by atoms with Crippen molar-refractivity contribution in [2.75, 3.05) is 13.2 Å². The molecule has 0 radical (unpaired) electrons. The van der Waals surface area contributed by atoms with Gasteiger partial charge in [-0.1, -0.05) is 20.8 Å². The van der Waals surface area contributed by atoms with E-state index in [4.69, 9.17) is 13.3 Å². The number of hydrogen-bond donors (Lipinski definition) is 0. The van der Waals surface area contributed by atoms with Crippen LogP contribution in [-0.2, 0) is 13.3 Å². The quantitative estimate of drug-likeness (QED) is 0.452. The summed E-state index contributed by atoms with van der Waals surface area (Å²) in [5, 5.41) is 0. The maximum Gasteiger partial charge on any atom is 0.321 e. The predicted octanol–water partition coefficient (Wildman–Crippen LogP) is 4.31. The second kappa shape index (κ2) is 8.65. The Hall–Kier alpha value is 0.527. The molecule has 0 aliphatic heterocycles. The Labute approximate surface area is 96.6 Å². The Balaban J connectivity index is 4.30. The molecule has 0 saturated heterocycles. The molecule has 15 heavy (non-hydrogen) atoms. The fourth-order valence-corrected chi connectivity index (χ4v) is 6.63. The Morgan fingerprint density at radius 2 is 1.20 bits per heavy atom. The molecule has 5 heteroatoms. The third-order valence-electron chi connectivity index (χ3n) is 2.67. The van der Waals surface area contributed by atoms with Crippen LogP contribution in [0, 0.1) is 0 Å². The van der Waals surface area contributed by atoms with E-state index in [1.165, 1.54) is 0 Å². The lowest BCUT2D eigenvalue weighted by Crippen LogP contribution is -2.34. The van der Waals surface area contributed by atoms with Crippen LogP contribution in [0.2, 0.25) is 18.1 Å². The molecule has 0 atom stereocenters. The van der Waals surface area contributed by atoms with Crippen molar-refractivity contribution in [3.63, 3.8) is 0 Å². The van der Waals surface area contributed by atoms with Gasteiger partial charge in [-0.25, -0.2) is 0 Å². The van der Waals surface area contributed by atoms with E-state index in [1.54, 1.807) is 0 Å². The van der Waals surface area contributed by atoms with Gasteiger partial charge in [0.25, 0.3) is 0 Å². The molecule has 0 rings (SSSR count). The van der Waals surface area contributed by atoms with Gasteiger partial charge >= 0.3 is 8.60 Å². The normalized spacial score (nSPS) is 12.4. The van der Waals surface area contributed by atoms with Gasteiger partial charge in [0.2, 0.25) is 8.32 Å². The van der Waals surface area contributed by atoms with E-state index in [0.29, 0.717) is 13.2 Å². The molecule has 0 amide bonds. The number of hydrogen-bond acceptors (Lipinski definition) is 3. The molecule has 3 nitrogen and oxygen atoms in total. The van der Waals surface area contributed by atoms with E-state index in [2.05, 4.69) is 20.8 Å². The van der Waals surface area contributed by atoms with E-state index in [-0.39, 0.29) is 0 Å². The average Bonchev–Trinajstić information content (AvgIpc) is 2.27. The predicted molar refractivity (Wildman–Crippen MR) is 68.5 cm³/mol. The molecule has 0 heterocycles. The molecule has 0 aromatic heterocycles. The van der Waals surface area contributed by atoms with Crippen LogP contribution >= 0.6 is 8.60 Å². The highest BCUT2D eigenvalue weighted by molar-refractivity contribution is 7.43. The van der Waals surface area contributed by atoms with E-state index < -0.39 is 16.9 Å². The largest absolute Gasteiger partial charge is 0.354 e. The third kappa shape index (κ3) is 5.41. The highest BCUT2D eigenvalue weighted by Gasteiger charge is 2.33. The first-order valence-corrected chi connectivity index (χ1v) is 9.55. The summed E-state index contributed by atoms with van der Waals surface area (Å²) in [5.41, 5.74) is 0. The highest BCUT2D eigenvalue weighted by atomic mass is 31.2. The van der Waals surface area contributed by atoms with Crippen LogP contribution in [-0.4, -0.2) is 21.5 Å². The molecule has 0 aromatic carbocycles. The van der Waals surface area contributed by atoms with Crippen LogP contribution in [0.3, 0.4) is 0 Å². The standard InChI is InChI=1S/C10H25O3PSi/c1-6-11-14(12-7-2)13-15(8-3,9-4)10-5/h6-10H2,1-5H3. The van der Waals surface area contributed by atoms with Gasteiger partial charge in [-0.05, 0) is 32.0 Å². The van der Waals surface area contributed by atoms with Gasteiger partial charge in [-0.3, -0.25) is 0 Å². The zero-order valence-corrected chi connectivity index (χ0v) is 12.6. The van der Waals surface area contributed by atoms with Crippen molar-refractivity contribution in [3.8, 4) is 0 Å². The molecule has 92 valence electrons. The van der Waals surface area contributed by atoms with Crippen molar-refractivity contribution in [2.45, 2.75) is 52.8 Å². The zero-order valence-electron chi connectivity index (χ0n) is 10.7. The van der Waals surface area contributed by atoms with Crippen molar-refractivity contribution < 1.29 is 13.3 Å². The Morgan fingerprint density at radius 3 is 1.47 bits per heavy atom. The first-order valence-electron chi connectivity index (χ1n) is 5.93. The van der Waals surface area contributed by atoms with Crippen molar-refractivity contribution in [2.24, 2.45) is 0 Å². The van der Waals surface area contributed by atoms with Crippen LogP contribution < -0.4 is 0 Å². The maximum absolute atomic E-state index is 6.13. The fraction of sp³-hybridized carbons (Fsp3) is 1.00. The summed E-state index contributed by atoms with van der Waals surface area (Å²) in [6.07, 6.45) is 0. The molecule has 0 aliphatic carbocycles. The summed E-state index contributed by atoms with van der Waals surface area (Å²) in [6.45, 7) is 11.9. The van der Waals surface area contributed by atoms with Crippen LogP contribution in [0.25, 0.3) is 0 Å². The highest BCUT2D eigenvalue weighted by Crippen LogP contribution is 2.45. The van der Waals surface area contributed by atoms with Crippen molar-refractivity contribution >= 4 is 16.9 Å². The summed E-state index contributed by atoms with van der Waals surface area (Å²) in [4.78, 5) is 0. The first kappa shape index (κ1) is 15.5. The molecule has 0 N–H and O–H groups in total. The summed E-state index contributed by atoms with van der Waals surface area (Å²) < 4.78 is 17.1. The van der Waals surface area contributed by atoms with E-state index >= 15 is 0 Å². The molecule has 0 fully saturated rings. The second-order valence-electron chi connectivity index (χ2n) is 3.39. The van der Waals surface area contributed by atoms with Crippen molar-refractivity contribution in [1.29, 1.82) is 0 Å². The van der Waals surface area contributed by atoms with Gasteiger partial charge < -0.3 is 13.3 Å². The van der Waals surface area contributed by atoms with Gasteiger partial charge in [-0.15, -0.1) is 0 Å². The lowest BCUT2D eigenvalue weighted by Gasteiger charge is -2.30. The SMILES string of the molecule is CCOP(OCC)O[Si](CC)(CC)CC. The van der Waals surface area contributed by atoms with Gasteiger partial charge in [-0.2, -0.15) is 0 Å². The molecular weight excluding hydrogens is 227 g/mol. The summed E-state index contributed by atoms with van der Waals surface area (Å²) in [6, 6.07) is 3.41. The molecule has 0 aromatic rings. The van der Waals surface area contributed by atoms with Crippen LogP contribution in [0.1, 0.15) is 34.6 Å². The van der Waals surface area contributed by atoms with Gasteiger partial charge in [0.1, 0.15) is 0 Å². The lowest BCUT2D eigenvalue weighted by molar-refractivity contribution is 0.218. The Bertz CT molecular complexity index is 139. The van der Waals surface area contributed by atoms with Gasteiger partial charge in [0.05, 0.1) is 13.2 Å². The van der Waals surface area contributed by atoms with Gasteiger partial charge in [0, 0.05) is 0 Å². The minimum absolute atomic E-state index is 0.660. The molecule has 0 spiro atoms. The van der Waals surface area contributed by atoms with Gasteiger partial charge in [0.15, 0.2) is 0 Å². The van der Waals surface area contributed by atoms with E-state index in [1.807, 2.05) is 13.8 Å². The van der Waals surface area contributed by atoms with Crippen molar-refractivity contribution in [1.82, 2.24) is 0 Å². The smallest absolute Gasteiger partial charge is 0.321 e. The van der Waals surface area contributed by atoms with Crippen molar-refractivity contribution in [3.05, 3.63) is 0 Å². The molecule has 0 aliphatic rings. The third-order valence-corrected chi connectivity index (χ3v) is 9.62. The average molecular weight is 252 g/mol. The van der Waals surface area contributed by atoms with Crippen LogP contribution in [0.15, 0.2) is 0 Å². The minimum atomic E-state index is -1.58. The molecule has 0 bridgehead atoms. The molecular formula is C10H25O3PSi. The molecule has 0 saturated carbocycles. The fourth-order valence-electron chi connectivity index (χ4n) is 1.40. The second-order valence-corrected chi connectivity index (χ2v) is 9.58. The van der Waals surface area contributed by atoms with Crippen LogP contribution in [0.5, 0.6) is 0 Å². The first-order chi connectivity index (χ1) is 7.17. The maximum atomic E-state index is 6.13. The summed E-state index contributed by atoms with van der Waals surface area (Å²) in [7, 11) is -2.68. The number of rotatable bonds is 9.